The molecule has 0 bridgehead atoms. The first kappa shape index (κ1) is 21.2. The van der Waals surface area contributed by atoms with Crippen LogP contribution >= 0.6 is 0 Å². The van der Waals surface area contributed by atoms with Gasteiger partial charge in [0.1, 0.15) is 16.4 Å². The van der Waals surface area contributed by atoms with Gasteiger partial charge in [0.2, 0.25) is 0 Å². The van der Waals surface area contributed by atoms with Gasteiger partial charge >= 0.3 is 6.36 Å². The lowest BCUT2D eigenvalue weighted by atomic mass is 9.90. The molecule has 0 saturated heterocycles. The molecule has 10 heteroatoms. The van der Waals surface area contributed by atoms with E-state index in [0.717, 1.165) is 17.8 Å². The van der Waals surface area contributed by atoms with Crippen LogP contribution in [-0.4, -0.2) is 26.3 Å². The molecule has 0 aliphatic heterocycles. The predicted molar refractivity (Wildman–Crippen MR) is 104 cm³/mol. The number of nitrogens with one attached hydrogen (secondary N) is 3. The molecule has 0 aliphatic rings. The Kier molecular flexibility index (Phi) is 5.43. The molecule has 0 aliphatic carbocycles. The van der Waals surface area contributed by atoms with Crippen molar-refractivity contribution >= 4 is 12.2 Å². The summed E-state index contributed by atoms with van der Waals surface area (Å²) >= 11 is 0. The van der Waals surface area contributed by atoms with Crippen molar-refractivity contribution in [1.29, 1.82) is 0 Å². The molecule has 0 radical (unpaired) electrons. The second-order valence-electron chi connectivity index (χ2n) is 7.56. The molecule has 0 spiro atoms. The number of aromatic amines is 3. The zero-order valence-electron chi connectivity index (χ0n) is 16.3. The van der Waals surface area contributed by atoms with Crippen LogP contribution in [0, 0.1) is 0 Å². The highest BCUT2D eigenvalue weighted by atomic mass is 19.4. The predicted octanol–water partition coefficient (Wildman–Crippen LogP) is 1.64. The van der Waals surface area contributed by atoms with Gasteiger partial charge in [0.05, 0.1) is 12.0 Å². The Balaban J connectivity index is 2.05. The summed E-state index contributed by atoms with van der Waals surface area (Å²) in [6, 6.07) is 5.05. The highest BCUT2D eigenvalue weighted by Gasteiger charge is 2.31. The van der Waals surface area contributed by atoms with Crippen molar-refractivity contribution in [1.82, 2.24) is 19.9 Å². The monoisotopic (exact) mass is 420 g/mol. The minimum atomic E-state index is -4.83. The molecule has 158 valence electrons. The van der Waals surface area contributed by atoms with Crippen molar-refractivity contribution < 1.29 is 17.9 Å². The topological polar surface area (TPSA) is 104 Å². The van der Waals surface area contributed by atoms with Gasteiger partial charge in [-0.1, -0.05) is 32.9 Å². The van der Waals surface area contributed by atoms with Crippen LogP contribution in [0.2, 0.25) is 0 Å². The van der Waals surface area contributed by atoms with E-state index < -0.39 is 23.2 Å². The first-order chi connectivity index (χ1) is 13.9. The minimum Gasteiger partial charge on any atom is -0.406 e. The fraction of sp³-hybridized carbons (Fsp3) is 0.250. The fourth-order valence-corrected chi connectivity index (χ4v) is 2.82. The lowest BCUT2D eigenvalue weighted by molar-refractivity contribution is -0.274. The van der Waals surface area contributed by atoms with Crippen LogP contribution in [0.5, 0.6) is 5.75 Å². The van der Waals surface area contributed by atoms with Gasteiger partial charge in [-0.05, 0) is 29.8 Å². The molecule has 30 heavy (non-hydrogen) atoms. The number of imidazole rings is 1. The summed E-state index contributed by atoms with van der Waals surface area (Å²) in [7, 11) is 0. The third-order valence-corrected chi connectivity index (χ3v) is 4.09. The minimum absolute atomic E-state index is 0.00362. The number of aromatic nitrogens is 4. The average Bonchev–Trinajstić information content (AvgIpc) is 3.07. The SMILES string of the molecule is CC(C)(C)c1[nH]cnc1/C=c1\[nH]c(=O)/c(=C\c2cccc(OC(F)(F)F)c2)[nH]c1=O. The normalized spacial score (nSPS) is 13.7. The number of H-pyrrole nitrogens is 3. The number of halogens is 3. The molecular weight excluding hydrogens is 401 g/mol. The molecule has 3 aromatic rings. The van der Waals surface area contributed by atoms with Gasteiger partial charge in [0.15, 0.2) is 0 Å². The molecule has 3 N–H and O–H groups in total. The maximum absolute atomic E-state index is 12.4. The molecule has 1 aromatic carbocycles. The quantitative estimate of drug-likeness (QED) is 0.599. The summed E-state index contributed by atoms with van der Waals surface area (Å²) in [6.45, 7) is 5.92. The summed E-state index contributed by atoms with van der Waals surface area (Å²) in [5, 5.41) is -0.108. The van der Waals surface area contributed by atoms with Crippen LogP contribution < -0.4 is 26.6 Å². The summed E-state index contributed by atoms with van der Waals surface area (Å²) < 4.78 is 41.0. The Morgan fingerprint density at radius 2 is 1.63 bits per heavy atom. The van der Waals surface area contributed by atoms with Gasteiger partial charge in [-0.15, -0.1) is 13.2 Å². The van der Waals surface area contributed by atoms with Gasteiger partial charge < -0.3 is 19.7 Å². The third-order valence-electron chi connectivity index (χ3n) is 4.09. The van der Waals surface area contributed by atoms with Crippen LogP contribution in [0.1, 0.15) is 37.7 Å². The van der Waals surface area contributed by atoms with Gasteiger partial charge in [-0.2, -0.15) is 0 Å². The van der Waals surface area contributed by atoms with Crippen molar-refractivity contribution in [3.05, 3.63) is 78.9 Å². The number of benzene rings is 1. The van der Waals surface area contributed by atoms with Crippen LogP contribution in [0.15, 0.2) is 40.2 Å². The third kappa shape index (κ3) is 5.07. The lowest BCUT2D eigenvalue weighted by Crippen LogP contribution is -2.46. The molecule has 0 amide bonds. The van der Waals surface area contributed by atoms with Crippen molar-refractivity contribution in [2.24, 2.45) is 0 Å². The second kappa shape index (κ2) is 7.69. The van der Waals surface area contributed by atoms with E-state index in [1.807, 2.05) is 20.8 Å². The van der Waals surface area contributed by atoms with E-state index in [2.05, 4.69) is 24.7 Å². The molecule has 2 aromatic heterocycles. The van der Waals surface area contributed by atoms with Gasteiger partial charge in [-0.25, -0.2) is 4.98 Å². The van der Waals surface area contributed by atoms with Crippen LogP contribution in [0.3, 0.4) is 0 Å². The molecule has 3 rings (SSSR count). The Morgan fingerprint density at radius 3 is 2.23 bits per heavy atom. The van der Waals surface area contributed by atoms with Gasteiger partial charge in [-0.3, -0.25) is 9.59 Å². The smallest absolute Gasteiger partial charge is 0.406 e. The Hall–Kier alpha value is -3.56. The lowest BCUT2D eigenvalue weighted by Gasteiger charge is -2.16. The summed E-state index contributed by atoms with van der Waals surface area (Å²) in [4.78, 5) is 37.0. The summed E-state index contributed by atoms with van der Waals surface area (Å²) in [5.74, 6) is -0.437. The molecule has 0 unspecified atom stereocenters. The second-order valence-corrected chi connectivity index (χ2v) is 7.56. The van der Waals surface area contributed by atoms with Crippen molar-refractivity contribution in [3.8, 4) is 5.75 Å². The molecule has 0 fully saturated rings. The van der Waals surface area contributed by atoms with E-state index in [-0.39, 0.29) is 21.7 Å². The standard InChI is InChI=1S/C20H19F3N4O3/c1-19(2,3)16-13(24-10-25-16)9-15-18(29)26-14(17(28)27-15)8-11-5-4-6-12(7-11)30-20(21,22)23/h4-10H,1-3H3,(H,24,25)(H,26,29)(H,27,28)/b14-8+,15-9-. The highest BCUT2D eigenvalue weighted by molar-refractivity contribution is 5.51. The Labute approximate surface area is 168 Å². The molecule has 0 saturated carbocycles. The largest absolute Gasteiger partial charge is 0.573 e. The van der Waals surface area contributed by atoms with E-state index in [0.29, 0.717) is 5.69 Å². The number of alkyl halides is 3. The molecule has 2 heterocycles. The van der Waals surface area contributed by atoms with Crippen molar-refractivity contribution in [2.75, 3.05) is 0 Å². The first-order valence-electron chi connectivity index (χ1n) is 8.88. The van der Waals surface area contributed by atoms with Gasteiger partial charge in [0.25, 0.3) is 11.1 Å². The maximum atomic E-state index is 12.4. The van der Waals surface area contributed by atoms with E-state index in [4.69, 9.17) is 0 Å². The first-order valence-corrected chi connectivity index (χ1v) is 8.88. The van der Waals surface area contributed by atoms with Crippen LogP contribution in [0.25, 0.3) is 12.2 Å². The number of hydrogen-bond acceptors (Lipinski definition) is 4. The number of rotatable bonds is 3. The van der Waals surface area contributed by atoms with Crippen molar-refractivity contribution in [2.45, 2.75) is 32.5 Å². The Bertz CT molecular complexity index is 1290. The van der Waals surface area contributed by atoms with Crippen molar-refractivity contribution in [3.63, 3.8) is 0 Å². The summed E-state index contributed by atoms with van der Waals surface area (Å²) in [6.07, 6.45) is -0.627. The number of hydrogen-bond donors (Lipinski definition) is 3. The maximum Gasteiger partial charge on any atom is 0.573 e. The zero-order valence-corrected chi connectivity index (χ0v) is 16.3. The zero-order chi connectivity index (χ0) is 22.1. The van der Waals surface area contributed by atoms with E-state index in [9.17, 15) is 22.8 Å². The number of nitrogens with zero attached hydrogens (tertiary/aromatic N) is 1. The van der Waals surface area contributed by atoms with E-state index in [1.54, 1.807) is 0 Å². The van der Waals surface area contributed by atoms with E-state index >= 15 is 0 Å². The summed E-state index contributed by atoms with van der Waals surface area (Å²) in [5.41, 5.74) is 0.100. The number of ether oxygens (including phenoxy) is 1. The Morgan fingerprint density at radius 1 is 1.00 bits per heavy atom. The van der Waals surface area contributed by atoms with Gasteiger partial charge in [0, 0.05) is 11.1 Å². The fourth-order valence-electron chi connectivity index (χ4n) is 2.82. The van der Waals surface area contributed by atoms with Crippen LogP contribution in [0.4, 0.5) is 13.2 Å². The van der Waals surface area contributed by atoms with E-state index in [1.165, 1.54) is 30.6 Å². The molecule has 7 nitrogen and oxygen atoms in total. The highest BCUT2D eigenvalue weighted by Crippen LogP contribution is 2.24. The molecular formula is C20H19F3N4O3. The molecule has 0 atom stereocenters. The van der Waals surface area contributed by atoms with Crippen LogP contribution in [-0.2, 0) is 5.41 Å². The average molecular weight is 420 g/mol.